The zero-order valence-corrected chi connectivity index (χ0v) is 15.8. The van der Waals surface area contributed by atoms with Crippen LogP contribution in [0.4, 0.5) is 18.9 Å². The summed E-state index contributed by atoms with van der Waals surface area (Å²) in [6, 6.07) is 5.04. The van der Waals surface area contributed by atoms with E-state index < -0.39 is 24.2 Å². The molecule has 1 heterocycles. The van der Waals surface area contributed by atoms with Crippen molar-refractivity contribution in [3.05, 3.63) is 47.3 Å². The number of alkyl halides is 3. The van der Waals surface area contributed by atoms with Crippen molar-refractivity contribution >= 4 is 35.0 Å². The third-order valence-electron chi connectivity index (χ3n) is 3.65. The molecule has 1 atom stereocenters. The van der Waals surface area contributed by atoms with E-state index in [4.69, 9.17) is 16.7 Å². The highest BCUT2D eigenvalue weighted by atomic mass is 35.5. The third-order valence-corrected chi connectivity index (χ3v) is 4.93. The normalized spacial score (nSPS) is 19.8. The van der Waals surface area contributed by atoms with Crippen LogP contribution >= 0.6 is 23.4 Å². The van der Waals surface area contributed by atoms with Crippen molar-refractivity contribution < 1.29 is 28.2 Å². The average molecular weight is 423 g/mol. The summed E-state index contributed by atoms with van der Waals surface area (Å²) in [6.45, 7) is 1.35. The molecule has 27 heavy (non-hydrogen) atoms. The van der Waals surface area contributed by atoms with Gasteiger partial charge >= 0.3 is 6.18 Å². The van der Waals surface area contributed by atoms with E-state index in [2.05, 4.69) is 5.32 Å². The second-order valence-electron chi connectivity index (χ2n) is 5.84. The van der Waals surface area contributed by atoms with Gasteiger partial charge in [-0.25, -0.2) is 0 Å². The van der Waals surface area contributed by atoms with Gasteiger partial charge in [0.15, 0.2) is 5.72 Å². The fraction of sp³-hybridized carbons (Fsp3) is 0.353. The molecule has 0 radical (unpaired) electrons. The Labute approximate surface area is 163 Å². The van der Waals surface area contributed by atoms with Gasteiger partial charge in [0.2, 0.25) is 5.91 Å². The summed E-state index contributed by atoms with van der Waals surface area (Å²) in [5.41, 5.74) is -1.52. The molecular weight excluding hydrogens is 405 g/mol. The molecule has 1 aliphatic rings. The highest BCUT2D eigenvalue weighted by molar-refractivity contribution is 7.99. The van der Waals surface area contributed by atoms with Crippen molar-refractivity contribution in [3.8, 4) is 0 Å². The number of hydrogen-bond donors (Lipinski definition) is 3. The minimum atomic E-state index is -4.65. The van der Waals surface area contributed by atoms with Crippen LogP contribution in [0.2, 0.25) is 5.02 Å². The van der Waals surface area contributed by atoms with E-state index in [0.717, 1.165) is 4.90 Å². The number of benzene rings is 1. The molecule has 0 bridgehead atoms. The second-order valence-corrected chi connectivity index (χ2v) is 7.41. The molecule has 0 spiro atoms. The van der Waals surface area contributed by atoms with E-state index in [1.54, 1.807) is 18.2 Å². The largest absolute Gasteiger partial charge is 0.397 e. The minimum absolute atomic E-state index is 0.0133. The molecule has 0 fully saturated rings. The van der Waals surface area contributed by atoms with Gasteiger partial charge in [-0.2, -0.15) is 13.2 Å². The number of anilines is 1. The van der Waals surface area contributed by atoms with Gasteiger partial charge in [0.05, 0.1) is 23.0 Å². The van der Waals surface area contributed by atoms with Crippen LogP contribution in [0.15, 0.2) is 47.1 Å². The molecule has 0 aliphatic carbocycles. The number of nitrogens with one attached hydrogen (secondary N) is 1. The first-order valence-electron chi connectivity index (χ1n) is 7.85. The Bertz CT molecular complexity index is 766. The molecule has 1 amide bonds. The monoisotopic (exact) mass is 422 g/mol. The zero-order chi connectivity index (χ0) is 20.2. The van der Waals surface area contributed by atoms with Crippen molar-refractivity contribution in [1.82, 2.24) is 5.32 Å². The van der Waals surface area contributed by atoms with Crippen LogP contribution in [0.25, 0.3) is 0 Å². The fourth-order valence-corrected chi connectivity index (χ4v) is 3.47. The maximum absolute atomic E-state index is 12.4. The van der Waals surface area contributed by atoms with Crippen molar-refractivity contribution in [2.45, 2.75) is 30.1 Å². The van der Waals surface area contributed by atoms with Gasteiger partial charge in [-0.1, -0.05) is 11.6 Å². The van der Waals surface area contributed by atoms with Crippen LogP contribution < -0.4 is 10.2 Å². The lowest BCUT2D eigenvalue weighted by molar-refractivity contribution is -0.153. The van der Waals surface area contributed by atoms with E-state index in [1.807, 2.05) is 0 Å². The number of nitrogens with zero attached hydrogens (tertiary/aromatic N) is 1. The summed E-state index contributed by atoms with van der Waals surface area (Å²) < 4.78 is 37.1. The Morgan fingerprint density at radius 2 is 2.11 bits per heavy atom. The fourth-order valence-electron chi connectivity index (χ4n) is 2.45. The van der Waals surface area contributed by atoms with Crippen molar-refractivity contribution in [2.75, 3.05) is 17.3 Å². The summed E-state index contributed by atoms with van der Waals surface area (Å²) >= 11 is 7.69. The predicted molar refractivity (Wildman–Crippen MR) is 98.4 cm³/mol. The lowest BCUT2D eigenvalue weighted by Gasteiger charge is -2.40. The Morgan fingerprint density at radius 1 is 1.41 bits per heavy atom. The van der Waals surface area contributed by atoms with Crippen LogP contribution in [0.5, 0.6) is 0 Å². The van der Waals surface area contributed by atoms with E-state index in [-0.39, 0.29) is 12.3 Å². The lowest BCUT2D eigenvalue weighted by atomic mass is 10.0. The number of allylic oxidation sites excluding steroid dienone is 2. The number of hydrogen-bond acceptors (Lipinski definition) is 5. The van der Waals surface area contributed by atoms with Gasteiger partial charge in [-0.05, 0) is 37.3 Å². The molecule has 1 aliphatic heterocycles. The Balaban J connectivity index is 2.21. The van der Waals surface area contributed by atoms with Crippen molar-refractivity contribution in [3.63, 3.8) is 0 Å². The van der Waals surface area contributed by atoms with E-state index in [1.165, 1.54) is 41.9 Å². The number of thioether (sulfide) groups is 1. The van der Waals surface area contributed by atoms with Crippen LogP contribution in [0, 0.1) is 0 Å². The topological polar surface area (TPSA) is 72.8 Å². The molecule has 0 saturated carbocycles. The molecule has 3 N–H and O–H groups in total. The molecule has 1 aromatic rings. The van der Waals surface area contributed by atoms with Crippen LogP contribution in [0.1, 0.15) is 13.3 Å². The molecule has 0 aromatic heterocycles. The third kappa shape index (κ3) is 5.65. The lowest BCUT2D eigenvalue weighted by Crippen LogP contribution is -2.51. The number of aliphatic hydroxyl groups excluding tert-OH is 1. The highest BCUT2D eigenvalue weighted by Crippen LogP contribution is 2.37. The Hall–Kier alpha value is -1.68. The number of amides is 1. The quantitative estimate of drug-likeness (QED) is 0.613. The van der Waals surface area contributed by atoms with Gasteiger partial charge in [0.25, 0.3) is 0 Å². The summed E-state index contributed by atoms with van der Waals surface area (Å²) in [7, 11) is 0. The van der Waals surface area contributed by atoms with Crippen LogP contribution in [-0.4, -0.2) is 40.4 Å². The molecule has 0 saturated heterocycles. The highest BCUT2D eigenvalue weighted by Gasteiger charge is 2.38. The Morgan fingerprint density at radius 3 is 2.70 bits per heavy atom. The van der Waals surface area contributed by atoms with Gasteiger partial charge in [0, 0.05) is 16.8 Å². The van der Waals surface area contributed by atoms with Gasteiger partial charge < -0.3 is 20.4 Å². The maximum atomic E-state index is 12.4. The molecule has 2 rings (SSSR count). The summed E-state index contributed by atoms with van der Waals surface area (Å²) in [5, 5.41) is 22.1. The number of carbonyl (C=O) groups is 1. The SMILES string of the molecule is C[C@@]1(O)C(NC(=O)CC(F)(F)F)=CC=CN1c1ccc(SCCO)cc1Cl. The van der Waals surface area contributed by atoms with E-state index in [0.29, 0.717) is 16.5 Å². The molecule has 10 heteroatoms. The average Bonchev–Trinajstić information content (AvgIpc) is 2.53. The van der Waals surface area contributed by atoms with Crippen LogP contribution in [0.3, 0.4) is 0 Å². The number of rotatable bonds is 6. The first-order chi connectivity index (χ1) is 12.5. The maximum Gasteiger partial charge on any atom is 0.397 e. The smallest absolute Gasteiger partial charge is 0.396 e. The molecule has 0 unspecified atom stereocenters. The molecule has 1 aromatic carbocycles. The molecular formula is C17H18ClF3N2O3S. The van der Waals surface area contributed by atoms with Gasteiger partial charge in [-0.15, -0.1) is 11.8 Å². The summed E-state index contributed by atoms with van der Waals surface area (Å²) in [5.74, 6) is -0.777. The number of halogens is 4. The standard InChI is InChI=1S/C17H18ClF3N2O3S/c1-16(26)14(22-15(25)10-17(19,20)21)3-2-6-23(16)13-5-4-11(9-12(13)18)27-8-7-24/h2-6,9,24,26H,7-8,10H2,1H3,(H,22,25)/t16-/m1/s1. The second kappa shape index (κ2) is 8.55. The van der Waals surface area contributed by atoms with Gasteiger partial charge in [-0.3, -0.25) is 4.79 Å². The first-order valence-corrected chi connectivity index (χ1v) is 9.21. The summed E-state index contributed by atoms with van der Waals surface area (Å²) in [6.07, 6.45) is -2.00. The predicted octanol–water partition coefficient (Wildman–Crippen LogP) is 3.42. The summed E-state index contributed by atoms with van der Waals surface area (Å²) in [4.78, 5) is 13.8. The minimum Gasteiger partial charge on any atom is -0.396 e. The van der Waals surface area contributed by atoms with Gasteiger partial charge in [0.1, 0.15) is 6.42 Å². The Kier molecular flexibility index (Phi) is 6.85. The number of aliphatic hydroxyl groups is 2. The van der Waals surface area contributed by atoms with E-state index in [9.17, 15) is 23.1 Å². The van der Waals surface area contributed by atoms with Crippen molar-refractivity contribution in [1.29, 1.82) is 0 Å². The zero-order valence-electron chi connectivity index (χ0n) is 14.3. The number of carbonyl (C=O) groups excluding carboxylic acids is 1. The molecule has 148 valence electrons. The first kappa shape index (κ1) is 21.6. The molecule has 5 nitrogen and oxygen atoms in total. The van der Waals surface area contributed by atoms with Crippen LogP contribution in [-0.2, 0) is 4.79 Å². The van der Waals surface area contributed by atoms with E-state index >= 15 is 0 Å². The van der Waals surface area contributed by atoms with Crippen molar-refractivity contribution in [2.24, 2.45) is 0 Å².